The molecular formula is C27H25FN4O2. The topological polar surface area (TPSA) is 90.1 Å². The molecule has 0 saturated carbocycles. The number of carbonyl (C=O) groups is 1. The van der Waals surface area contributed by atoms with E-state index in [-0.39, 0.29) is 17.0 Å². The van der Waals surface area contributed by atoms with E-state index in [4.69, 9.17) is 0 Å². The molecule has 1 fully saturated rings. The monoisotopic (exact) mass is 456 g/mol. The molecule has 34 heavy (non-hydrogen) atoms. The number of carbonyl (C=O) groups excluding carboxylic acids is 1. The van der Waals surface area contributed by atoms with E-state index in [9.17, 15) is 19.6 Å². The van der Waals surface area contributed by atoms with Crippen molar-refractivity contribution < 1.29 is 14.3 Å². The Morgan fingerprint density at radius 2 is 2.00 bits per heavy atom. The Hall–Kier alpha value is -3.63. The van der Waals surface area contributed by atoms with Gasteiger partial charge in [0.15, 0.2) is 0 Å². The van der Waals surface area contributed by atoms with E-state index in [2.05, 4.69) is 22.1 Å². The molecule has 2 aliphatic rings. The molecule has 6 nitrogen and oxygen atoms in total. The first-order valence-corrected chi connectivity index (χ1v) is 11.3. The lowest BCUT2D eigenvalue weighted by molar-refractivity contribution is 0.0770. The Morgan fingerprint density at radius 3 is 2.74 bits per heavy atom. The predicted octanol–water partition coefficient (Wildman–Crippen LogP) is 4.30. The number of amides is 1. The van der Waals surface area contributed by atoms with Crippen molar-refractivity contribution in [3.63, 3.8) is 0 Å². The van der Waals surface area contributed by atoms with Crippen LogP contribution in [0.4, 0.5) is 4.39 Å². The molecule has 1 amide bonds. The standard InChI is InChI=1S/C27H25FN4O2/c1-26(2,15-29)24-12-18(7-9-30-24)17-3-5-21-20(11-17)23(33)13-27(21)8-10-32(16-27)25(34)22-6-4-19(28)14-31-22/h3-7,9,11-12,14,23,33H,8,10,13,16H2,1-2H3. The fraction of sp³-hybridized carbons (Fsp3) is 0.333. The highest BCUT2D eigenvalue weighted by Crippen LogP contribution is 2.51. The van der Waals surface area contributed by atoms with Crippen LogP contribution in [0.1, 0.15) is 60.1 Å². The molecule has 7 heteroatoms. The second-order valence-electron chi connectivity index (χ2n) is 9.81. The number of nitrogens with zero attached hydrogens (tertiary/aromatic N) is 4. The maximum absolute atomic E-state index is 13.2. The van der Waals surface area contributed by atoms with E-state index >= 15 is 0 Å². The van der Waals surface area contributed by atoms with Crippen LogP contribution < -0.4 is 0 Å². The molecule has 2 unspecified atom stereocenters. The van der Waals surface area contributed by atoms with Crippen molar-refractivity contribution in [2.45, 2.75) is 43.6 Å². The number of nitriles is 1. The van der Waals surface area contributed by atoms with Crippen LogP contribution in [0.2, 0.25) is 0 Å². The first-order chi connectivity index (χ1) is 16.2. The molecule has 172 valence electrons. The van der Waals surface area contributed by atoms with Crippen LogP contribution in [0.25, 0.3) is 11.1 Å². The molecule has 1 spiro atoms. The van der Waals surface area contributed by atoms with Gasteiger partial charge in [-0.15, -0.1) is 0 Å². The predicted molar refractivity (Wildman–Crippen MR) is 124 cm³/mol. The zero-order valence-electron chi connectivity index (χ0n) is 19.1. The van der Waals surface area contributed by atoms with Gasteiger partial charge in [-0.2, -0.15) is 5.26 Å². The Balaban J connectivity index is 1.43. The van der Waals surface area contributed by atoms with E-state index in [1.807, 2.05) is 38.1 Å². The van der Waals surface area contributed by atoms with Crippen LogP contribution in [0.3, 0.4) is 0 Å². The summed E-state index contributed by atoms with van der Waals surface area (Å²) in [5, 5.41) is 20.4. The molecule has 1 aliphatic carbocycles. The molecule has 0 bridgehead atoms. The van der Waals surface area contributed by atoms with Crippen molar-refractivity contribution in [1.82, 2.24) is 14.9 Å². The zero-order valence-corrected chi connectivity index (χ0v) is 19.1. The zero-order chi connectivity index (χ0) is 24.1. The SMILES string of the molecule is CC(C)(C#N)c1cc(-c2ccc3c(c2)C(O)CC32CCN(C(=O)c3ccc(F)cn3)C2)ccn1. The van der Waals surface area contributed by atoms with Gasteiger partial charge in [0, 0.05) is 24.7 Å². The third-order valence-electron chi connectivity index (χ3n) is 7.17. The Kier molecular flexibility index (Phi) is 5.22. The summed E-state index contributed by atoms with van der Waals surface area (Å²) < 4.78 is 13.2. The smallest absolute Gasteiger partial charge is 0.272 e. The van der Waals surface area contributed by atoms with Gasteiger partial charge in [0.2, 0.25) is 0 Å². The van der Waals surface area contributed by atoms with Crippen molar-refractivity contribution in [2.24, 2.45) is 0 Å². The number of aromatic nitrogens is 2. The number of hydrogen-bond donors (Lipinski definition) is 1. The molecular weight excluding hydrogens is 431 g/mol. The number of rotatable bonds is 3. The summed E-state index contributed by atoms with van der Waals surface area (Å²) in [6.45, 7) is 4.72. The molecule has 1 aromatic carbocycles. The lowest BCUT2D eigenvalue weighted by Crippen LogP contribution is -2.33. The highest BCUT2D eigenvalue weighted by molar-refractivity contribution is 5.92. The highest BCUT2D eigenvalue weighted by Gasteiger charge is 2.48. The number of fused-ring (bicyclic) bond motifs is 2. The molecule has 3 heterocycles. The van der Waals surface area contributed by atoms with Gasteiger partial charge in [0.1, 0.15) is 11.5 Å². The minimum Gasteiger partial charge on any atom is -0.388 e. The van der Waals surface area contributed by atoms with Crippen LogP contribution in [0.15, 0.2) is 54.9 Å². The summed E-state index contributed by atoms with van der Waals surface area (Å²) in [6, 6.07) is 14.9. The van der Waals surface area contributed by atoms with Crippen LogP contribution in [0, 0.1) is 17.1 Å². The van der Waals surface area contributed by atoms with Crippen molar-refractivity contribution >= 4 is 5.91 Å². The Labute approximate surface area is 197 Å². The molecule has 1 aliphatic heterocycles. The van der Waals surface area contributed by atoms with E-state index in [1.54, 1.807) is 11.1 Å². The summed E-state index contributed by atoms with van der Waals surface area (Å²) >= 11 is 0. The van der Waals surface area contributed by atoms with Crippen LogP contribution in [-0.2, 0) is 10.8 Å². The molecule has 1 saturated heterocycles. The first-order valence-electron chi connectivity index (χ1n) is 11.3. The van der Waals surface area contributed by atoms with E-state index < -0.39 is 17.3 Å². The van der Waals surface area contributed by atoms with Gasteiger partial charge in [0.05, 0.1) is 29.5 Å². The molecule has 1 N–H and O–H groups in total. The van der Waals surface area contributed by atoms with E-state index in [0.29, 0.717) is 25.2 Å². The minimum atomic E-state index is -0.699. The second-order valence-corrected chi connectivity index (χ2v) is 9.81. The number of aliphatic hydroxyl groups is 1. The van der Waals surface area contributed by atoms with Crippen molar-refractivity contribution in [3.8, 4) is 17.2 Å². The fourth-order valence-electron chi connectivity index (χ4n) is 5.20. The van der Waals surface area contributed by atoms with Crippen LogP contribution >= 0.6 is 0 Å². The molecule has 2 aromatic heterocycles. The first kappa shape index (κ1) is 22.2. The summed E-state index contributed by atoms with van der Waals surface area (Å²) in [5.74, 6) is -0.698. The summed E-state index contributed by atoms with van der Waals surface area (Å²) in [6.07, 6.45) is 3.44. The van der Waals surface area contributed by atoms with Gasteiger partial charge in [-0.05, 0) is 79.3 Å². The van der Waals surface area contributed by atoms with Crippen LogP contribution in [-0.4, -0.2) is 39.0 Å². The van der Waals surface area contributed by atoms with Gasteiger partial charge < -0.3 is 10.0 Å². The normalized spacial score (nSPS) is 21.5. The number of halogens is 1. The molecule has 3 aromatic rings. The van der Waals surface area contributed by atoms with Gasteiger partial charge in [-0.1, -0.05) is 12.1 Å². The summed E-state index contributed by atoms with van der Waals surface area (Å²) in [4.78, 5) is 23.0. The molecule has 0 radical (unpaired) electrons. The quantitative estimate of drug-likeness (QED) is 0.635. The third kappa shape index (κ3) is 3.64. The van der Waals surface area contributed by atoms with Gasteiger partial charge >= 0.3 is 0 Å². The highest BCUT2D eigenvalue weighted by atomic mass is 19.1. The van der Waals surface area contributed by atoms with E-state index in [1.165, 1.54) is 12.1 Å². The number of likely N-dealkylation sites (tertiary alicyclic amines) is 1. The number of aliphatic hydroxyl groups excluding tert-OH is 1. The lowest BCUT2D eigenvalue weighted by Gasteiger charge is -2.25. The Morgan fingerprint density at radius 1 is 1.21 bits per heavy atom. The third-order valence-corrected chi connectivity index (χ3v) is 7.17. The van der Waals surface area contributed by atoms with Gasteiger partial charge in [0.25, 0.3) is 5.91 Å². The largest absolute Gasteiger partial charge is 0.388 e. The van der Waals surface area contributed by atoms with Gasteiger partial charge in [-0.3, -0.25) is 9.78 Å². The van der Waals surface area contributed by atoms with Gasteiger partial charge in [-0.25, -0.2) is 9.37 Å². The average Bonchev–Trinajstić information content (AvgIpc) is 3.40. The second kappa shape index (κ2) is 8.00. The van der Waals surface area contributed by atoms with Crippen LogP contribution in [0.5, 0.6) is 0 Å². The maximum Gasteiger partial charge on any atom is 0.272 e. The van der Waals surface area contributed by atoms with Crippen molar-refractivity contribution in [1.29, 1.82) is 5.26 Å². The number of hydrogen-bond acceptors (Lipinski definition) is 5. The summed E-state index contributed by atoms with van der Waals surface area (Å²) in [7, 11) is 0. The maximum atomic E-state index is 13.2. The number of benzene rings is 1. The number of pyridine rings is 2. The fourth-order valence-corrected chi connectivity index (χ4v) is 5.20. The summed E-state index contributed by atoms with van der Waals surface area (Å²) in [5.41, 5.74) is 3.75. The van der Waals surface area contributed by atoms with Crippen molar-refractivity contribution in [3.05, 3.63) is 83.2 Å². The molecule has 2 atom stereocenters. The molecule has 5 rings (SSSR count). The van der Waals surface area contributed by atoms with Crippen molar-refractivity contribution in [2.75, 3.05) is 13.1 Å². The Bertz CT molecular complexity index is 1310. The van der Waals surface area contributed by atoms with E-state index in [0.717, 1.165) is 34.9 Å². The lowest BCUT2D eigenvalue weighted by atomic mass is 9.80. The minimum absolute atomic E-state index is 0.221. The average molecular weight is 457 g/mol.